The average molecular weight is 242 g/mol. The Labute approximate surface area is 104 Å². The minimum atomic E-state index is 0.885. The summed E-state index contributed by atoms with van der Waals surface area (Å²) in [5.74, 6) is 0.885. The third-order valence-electron chi connectivity index (χ3n) is 2.70. The molecule has 0 fully saturated rings. The van der Waals surface area contributed by atoms with Gasteiger partial charge in [-0.1, -0.05) is 12.1 Å². The fourth-order valence-corrected chi connectivity index (χ4v) is 2.76. The highest BCUT2D eigenvalue weighted by atomic mass is 32.1. The molecule has 0 spiro atoms. The average Bonchev–Trinajstić information content (AvgIpc) is 2.82. The highest BCUT2D eigenvalue weighted by Gasteiger charge is 2.11. The first kappa shape index (κ1) is 10.3. The Morgan fingerprint density at radius 1 is 1.00 bits per heavy atom. The Morgan fingerprint density at radius 3 is 2.47 bits per heavy atom. The first-order chi connectivity index (χ1) is 8.36. The van der Waals surface area contributed by atoms with E-state index in [-0.39, 0.29) is 0 Å². The molecule has 3 heteroatoms. The second-order valence-electron chi connectivity index (χ2n) is 3.78. The molecule has 0 aliphatic carbocycles. The molecule has 2 aromatic carbocycles. The summed E-state index contributed by atoms with van der Waals surface area (Å²) in [6.45, 7) is 0. The standard InChI is InChI=1S/C14H12NOS/c1-16-13-8-6-12(7-9-13)15-10-11-4-2-3-5-14(11)17-15/h2-10H,1H3/q+1. The Bertz CT molecular complexity index is 610. The van der Waals surface area contributed by atoms with Crippen LogP contribution in [0.4, 0.5) is 0 Å². The summed E-state index contributed by atoms with van der Waals surface area (Å²) in [4.78, 5) is 0. The van der Waals surface area contributed by atoms with E-state index < -0.39 is 0 Å². The van der Waals surface area contributed by atoms with Gasteiger partial charge < -0.3 is 4.74 Å². The van der Waals surface area contributed by atoms with E-state index in [9.17, 15) is 0 Å². The van der Waals surface area contributed by atoms with E-state index in [0.29, 0.717) is 0 Å². The lowest BCUT2D eigenvalue weighted by Crippen LogP contribution is -2.23. The van der Waals surface area contributed by atoms with Gasteiger partial charge in [0.05, 0.1) is 12.5 Å². The van der Waals surface area contributed by atoms with Crippen molar-refractivity contribution < 1.29 is 8.69 Å². The van der Waals surface area contributed by atoms with Crippen LogP contribution >= 0.6 is 11.5 Å². The van der Waals surface area contributed by atoms with Crippen LogP contribution in [-0.2, 0) is 0 Å². The van der Waals surface area contributed by atoms with Gasteiger partial charge in [-0.3, -0.25) is 0 Å². The van der Waals surface area contributed by atoms with Gasteiger partial charge in [-0.05, 0) is 24.3 Å². The van der Waals surface area contributed by atoms with Gasteiger partial charge >= 0.3 is 0 Å². The van der Waals surface area contributed by atoms with Crippen molar-refractivity contribution >= 4 is 21.6 Å². The third kappa shape index (κ3) is 1.89. The van der Waals surface area contributed by atoms with Crippen LogP contribution < -0.4 is 8.69 Å². The van der Waals surface area contributed by atoms with Crippen molar-refractivity contribution in [1.82, 2.24) is 0 Å². The molecule has 17 heavy (non-hydrogen) atoms. The lowest BCUT2D eigenvalue weighted by Gasteiger charge is -1.96. The Kier molecular flexibility index (Phi) is 2.53. The summed E-state index contributed by atoms with van der Waals surface area (Å²) in [7, 11) is 1.68. The smallest absolute Gasteiger partial charge is 0.225 e. The normalized spacial score (nSPS) is 10.6. The molecular weight excluding hydrogens is 230 g/mol. The van der Waals surface area contributed by atoms with Crippen LogP contribution in [0, 0.1) is 0 Å². The van der Waals surface area contributed by atoms with Crippen molar-refractivity contribution in [3.63, 3.8) is 0 Å². The van der Waals surface area contributed by atoms with E-state index in [1.165, 1.54) is 10.1 Å². The first-order valence-corrected chi connectivity index (χ1v) is 6.19. The Balaban J connectivity index is 2.07. The monoisotopic (exact) mass is 242 g/mol. The van der Waals surface area contributed by atoms with E-state index in [1.807, 2.05) is 12.1 Å². The molecule has 0 amide bonds. The number of ether oxygens (including phenoxy) is 1. The number of nitrogens with zero attached hydrogens (tertiary/aromatic N) is 1. The van der Waals surface area contributed by atoms with Crippen LogP contribution in [0.1, 0.15) is 0 Å². The summed E-state index contributed by atoms with van der Waals surface area (Å²) in [5.41, 5.74) is 1.16. The molecule has 0 aliphatic heterocycles. The molecule has 3 aromatic rings. The van der Waals surface area contributed by atoms with Crippen LogP contribution in [0.3, 0.4) is 0 Å². The molecular formula is C14H12NOS+. The lowest BCUT2D eigenvalue weighted by atomic mass is 10.3. The van der Waals surface area contributed by atoms with Crippen LogP contribution in [0.5, 0.6) is 5.75 Å². The number of aromatic nitrogens is 1. The maximum Gasteiger partial charge on any atom is 0.225 e. The second-order valence-corrected chi connectivity index (χ2v) is 4.80. The Hall–Kier alpha value is -1.87. The summed E-state index contributed by atoms with van der Waals surface area (Å²) in [5, 5.41) is 1.27. The van der Waals surface area contributed by atoms with Gasteiger partial charge in [-0.15, -0.1) is 3.96 Å². The molecule has 3 rings (SSSR count). The summed E-state index contributed by atoms with van der Waals surface area (Å²) < 4.78 is 8.62. The van der Waals surface area contributed by atoms with E-state index in [2.05, 4.69) is 46.6 Å². The van der Waals surface area contributed by atoms with Crippen molar-refractivity contribution in [1.29, 1.82) is 0 Å². The molecule has 1 aromatic heterocycles. The molecule has 0 saturated carbocycles. The maximum absolute atomic E-state index is 5.16. The van der Waals surface area contributed by atoms with E-state index in [4.69, 9.17) is 4.74 Å². The second kappa shape index (κ2) is 4.18. The quantitative estimate of drug-likeness (QED) is 0.629. The SMILES string of the molecule is COc1ccc(-[n+]2cc3ccccc3s2)cc1. The number of hydrogen-bond acceptors (Lipinski definition) is 2. The highest BCUT2D eigenvalue weighted by Crippen LogP contribution is 2.18. The number of benzene rings is 2. The number of fused-ring (bicyclic) bond motifs is 1. The number of rotatable bonds is 2. The van der Waals surface area contributed by atoms with E-state index >= 15 is 0 Å². The molecule has 2 nitrogen and oxygen atoms in total. The van der Waals surface area contributed by atoms with Crippen molar-refractivity contribution in [2.24, 2.45) is 0 Å². The first-order valence-electron chi connectivity index (χ1n) is 5.42. The predicted octanol–water partition coefficient (Wildman–Crippen LogP) is 3.19. The molecule has 0 saturated heterocycles. The van der Waals surface area contributed by atoms with Gasteiger partial charge in [0, 0.05) is 12.1 Å². The Morgan fingerprint density at radius 2 is 1.76 bits per heavy atom. The molecule has 0 atom stereocenters. The zero-order valence-corrected chi connectivity index (χ0v) is 10.3. The van der Waals surface area contributed by atoms with E-state index in [1.54, 1.807) is 18.6 Å². The molecule has 84 valence electrons. The zero-order valence-electron chi connectivity index (χ0n) is 9.46. The van der Waals surface area contributed by atoms with Gasteiger partial charge in [-0.2, -0.15) is 0 Å². The van der Waals surface area contributed by atoms with Crippen molar-refractivity contribution in [3.8, 4) is 11.4 Å². The minimum Gasteiger partial charge on any atom is -0.497 e. The third-order valence-corrected chi connectivity index (χ3v) is 3.78. The molecule has 0 radical (unpaired) electrons. The van der Waals surface area contributed by atoms with Gasteiger partial charge in [0.2, 0.25) is 5.69 Å². The van der Waals surface area contributed by atoms with Gasteiger partial charge in [-0.25, -0.2) is 0 Å². The molecule has 0 bridgehead atoms. The van der Waals surface area contributed by atoms with Crippen molar-refractivity contribution in [2.45, 2.75) is 0 Å². The summed E-state index contributed by atoms with van der Waals surface area (Å²) >= 11 is 1.74. The topological polar surface area (TPSA) is 13.1 Å². The predicted molar refractivity (Wildman–Crippen MR) is 69.9 cm³/mol. The summed E-state index contributed by atoms with van der Waals surface area (Å²) in [6.07, 6.45) is 2.15. The maximum atomic E-state index is 5.16. The van der Waals surface area contributed by atoms with Crippen LogP contribution in [-0.4, -0.2) is 7.11 Å². The minimum absolute atomic E-state index is 0.885. The van der Waals surface area contributed by atoms with Crippen molar-refractivity contribution in [2.75, 3.05) is 7.11 Å². The van der Waals surface area contributed by atoms with Gasteiger partial charge in [0.15, 0.2) is 6.20 Å². The van der Waals surface area contributed by atoms with E-state index in [0.717, 1.165) is 11.4 Å². The number of methoxy groups -OCH3 is 1. The summed E-state index contributed by atoms with van der Waals surface area (Å²) in [6, 6.07) is 16.5. The highest BCUT2D eigenvalue weighted by molar-refractivity contribution is 7.09. The lowest BCUT2D eigenvalue weighted by molar-refractivity contribution is -0.518. The number of hydrogen-bond donors (Lipinski definition) is 0. The van der Waals surface area contributed by atoms with Gasteiger partial charge in [0.25, 0.3) is 0 Å². The van der Waals surface area contributed by atoms with Crippen molar-refractivity contribution in [3.05, 3.63) is 54.7 Å². The fraction of sp³-hybridized carbons (Fsp3) is 0.0714. The molecule has 1 heterocycles. The van der Waals surface area contributed by atoms with Crippen LogP contribution in [0.25, 0.3) is 15.8 Å². The zero-order chi connectivity index (χ0) is 11.7. The van der Waals surface area contributed by atoms with Gasteiger partial charge in [0.1, 0.15) is 22.0 Å². The molecule has 0 aliphatic rings. The van der Waals surface area contributed by atoms with Crippen LogP contribution in [0.2, 0.25) is 0 Å². The molecule has 0 N–H and O–H groups in total. The largest absolute Gasteiger partial charge is 0.497 e. The fourth-order valence-electron chi connectivity index (χ4n) is 1.79. The van der Waals surface area contributed by atoms with Crippen LogP contribution in [0.15, 0.2) is 54.7 Å². The molecule has 0 unspecified atom stereocenters.